The van der Waals surface area contributed by atoms with E-state index in [9.17, 15) is 24.5 Å². The summed E-state index contributed by atoms with van der Waals surface area (Å²) in [6.07, 6.45) is 5.19. The molecule has 3 amide bonds. The monoisotopic (exact) mass is 511 g/mol. The first kappa shape index (κ1) is 25.8. The molecule has 0 aromatic heterocycles. The van der Waals surface area contributed by atoms with E-state index in [0.717, 1.165) is 42.2 Å². The summed E-state index contributed by atoms with van der Waals surface area (Å²) < 4.78 is 0. The Bertz CT molecular complexity index is 1170. The highest BCUT2D eigenvalue weighted by molar-refractivity contribution is 6.32. The van der Waals surface area contributed by atoms with Crippen LogP contribution in [0.25, 0.3) is 0 Å². The van der Waals surface area contributed by atoms with Crippen LogP contribution >= 0.6 is 11.6 Å². The molecule has 1 saturated carbocycles. The van der Waals surface area contributed by atoms with Gasteiger partial charge in [0.25, 0.3) is 17.5 Å². The van der Waals surface area contributed by atoms with E-state index in [1.165, 1.54) is 17.0 Å². The van der Waals surface area contributed by atoms with Crippen molar-refractivity contribution >= 4 is 40.7 Å². The summed E-state index contributed by atoms with van der Waals surface area (Å²) in [6, 6.07) is 10.0. The summed E-state index contributed by atoms with van der Waals surface area (Å²) in [4.78, 5) is 54.0. The highest BCUT2D eigenvalue weighted by atomic mass is 35.5. The van der Waals surface area contributed by atoms with Crippen LogP contribution in [0.15, 0.2) is 42.5 Å². The molecule has 2 aromatic carbocycles. The predicted molar refractivity (Wildman–Crippen MR) is 137 cm³/mol. The molecular weight excluding hydrogens is 482 g/mol. The Balaban J connectivity index is 1.70. The minimum atomic E-state index is -0.965. The Hall–Kier alpha value is -3.26. The lowest BCUT2D eigenvalue weighted by molar-refractivity contribution is -0.384. The molecule has 36 heavy (non-hydrogen) atoms. The number of benzene rings is 2. The number of imide groups is 1. The highest BCUT2D eigenvalue weighted by Gasteiger charge is 2.46. The molecule has 1 aliphatic carbocycles. The number of hydrogen-bond acceptors (Lipinski definition) is 5. The van der Waals surface area contributed by atoms with E-state index in [1.54, 1.807) is 12.1 Å². The van der Waals surface area contributed by atoms with Crippen molar-refractivity contribution in [2.24, 2.45) is 0 Å². The molecule has 4 rings (SSSR count). The summed E-state index contributed by atoms with van der Waals surface area (Å²) in [6.45, 7) is 4.13. The van der Waals surface area contributed by atoms with E-state index in [2.05, 4.69) is 13.8 Å². The summed E-state index contributed by atoms with van der Waals surface area (Å²) in [5, 5.41) is 11.4. The van der Waals surface area contributed by atoms with Crippen LogP contribution < -0.4 is 4.90 Å². The Kier molecular flexibility index (Phi) is 7.73. The van der Waals surface area contributed by atoms with E-state index in [1.807, 2.05) is 12.1 Å². The average molecular weight is 512 g/mol. The number of amides is 3. The highest BCUT2D eigenvalue weighted by Crippen LogP contribution is 2.33. The molecule has 0 radical (unpaired) electrons. The Labute approximate surface area is 215 Å². The number of nitro benzene ring substituents is 1. The molecule has 0 bridgehead atoms. The summed E-state index contributed by atoms with van der Waals surface area (Å²) >= 11 is 5.96. The zero-order valence-electron chi connectivity index (χ0n) is 20.5. The second-order valence-corrected chi connectivity index (χ2v) is 10.2. The van der Waals surface area contributed by atoms with Gasteiger partial charge in [0.05, 0.1) is 17.0 Å². The van der Waals surface area contributed by atoms with Crippen molar-refractivity contribution in [3.8, 4) is 0 Å². The lowest BCUT2D eigenvalue weighted by Gasteiger charge is -2.35. The third kappa shape index (κ3) is 5.14. The van der Waals surface area contributed by atoms with E-state index in [4.69, 9.17) is 11.6 Å². The molecular formula is C27H30ClN3O5. The summed E-state index contributed by atoms with van der Waals surface area (Å²) in [7, 11) is 0. The van der Waals surface area contributed by atoms with Gasteiger partial charge in [-0.3, -0.25) is 24.5 Å². The second-order valence-electron chi connectivity index (χ2n) is 9.81. The van der Waals surface area contributed by atoms with Crippen LogP contribution in [0.3, 0.4) is 0 Å². The number of nitro groups is 1. The smallest absolute Gasteiger partial charge is 0.288 e. The zero-order valence-corrected chi connectivity index (χ0v) is 21.2. The molecule has 190 valence electrons. The number of carbonyl (C=O) groups is 3. The van der Waals surface area contributed by atoms with Crippen molar-refractivity contribution in [1.29, 1.82) is 0 Å². The number of anilines is 1. The molecule has 1 atom stereocenters. The Morgan fingerprint density at radius 3 is 2.28 bits per heavy atom. The van der Waals surface area contributed by atoms with Crippen molar-refractivity contribution < 1.29 is 19.3 Å². The van der Waals surface area contributed by atoms with Gasteiger partial charge in [0.15, 0.2) is 0 Å². The van der Waals surface area contributed by atoms with Crippen molar-refractivity contribution in [2.45, 2.75) is 76.8 Å². The molecule has 0 N–H and O–H groups in total. The first-order chi connectivity index (χ1) is 17.2. The third-order valence-corrected chi connectivity index (χ3v) is 7.44. The second kappa shape index (κ2) is 10.8. The zero-order chi connectivity index (χ0) is 26.0. The van der Waals surface area contributed by atoms with Gasteiger partial charge in [0.1, 0.15) is 11.1 Å². The number of rotatable bonds is 6. The van der Waals surface area contributed by atoms with Gasteiger partial charge in [-0.1, -0.05) is 63.3 Å². The maximum atomic E-state index is 13.8. The molecule has 1 unspecified atom stereocenters. The molecule has 9 heteroatoms. The topological polar surface area (TPSA) is 101 Å². The lowest BCUT2D eigenvalue weighted by Crippen LogP contribution is -2.50. The van der Waals surface area contributed by atoms with Crippen LogP contribution in [0.1, 0.15) is 80.6 Å². The van der Waals surface area contributed by atoms with Gasteiger partial charge in [-0.25, -0.2) is 4.90 Å². The molecule has 2 aliphatic rings. The third-order valence-electron chi connectivity index (χ3n) is 7.12. The van der Waals surface area contributed by atoms with Gasteiger partial charge in [0, 0.05) is 17.7 Å². The van der Waals surface area contributed by atoms with Crippen LogP contribution in [0.5, 0.6) is 0 Å². The maximum Gasteiger partial charge on any atom is 0.288 e. The van der Waals surface area contributed by atoms with Gasteiger partial charge in [-0.05, 0) is 48.6 Å². The molecule has 8 nitrogen and oxygen atoms in total. The minimum Gasteiger partial charge on any atom is -0.323 e. The predicted octanol–water partition coefficient (Wildman–Crippen LogP) is 5.87. The average Bonchev–Trinajstić information content (AvgIpc) is 3.01. The van der Waals surface area contributed by atoms with Crippen molar-refractivity contribution in [3.63, 3.8) is 0 Å². The van der Waals surface area contributed by atoms with Crippen LogP contribution in [-0.2, 0) is 9.59 Å². The largest absolute Gasteiger partial charge is 0.323 e. The SMILES string of the molecule is CC(C)c1ccc(N2C(=O)CC(N(C(=O)c3ccc(Cl)c([N+](=O)[O-])c3)C3CCCCCC3)C2=O)cc1. The number of carbonyl (C=O) groups excluding carboxylic acids is 3. The quantitative estimate of drug-likeness (QED) is 0.209. The van der Waals surface area contributed by atoms with Crippen LogP contribution in [0.4, 0.5) is 11.4 Å². The molecule has 2 fully saturated rings. The molecule has 1 saturated heterocycles. The van der Waals surface area contributed by atoms with E-state index >= 15 is 0 Å². The van der Waals surface area contributed by atoms with Crippen LogP contribution in [0.2, 0.25) is 5.02 Å². The standard InChI is InChI=1S/C27H30ClN3O5/c1-17(2)18-9-12-21(13-10-18)30-25(32)16-24(27(30)34)29(20-7-5-3-4-6-8-20)26(33)19-11-14-22(28)23(15-19)31(35)36/h9-15,17,20,24H,3-8,16H2,1-2H3. The van der Waals surface area contributed by atoms with E-state index in [0.29, 0.717) is 24.4 Å². The minimum absolute atomic E-state index is 0.0688. The van der Waals surface area contributed by atoms with Gasteiger partial charge < -0.3 is 4.90 Å². The number of halogens is 1. The van der Waals surface area contributed by atoms with E-state index in [-0.39, 0.29) is 34.6 Å². The molecule has 0 spiro atoms. The first-order valence-electron chi connectivity index (χ1n) is 12.4. The van der Waals surface area contributed by atoms with Gasteiger partial charge in [0.2, 0.25) is 5.91 Å². The van der Waals surface area contributed by atoms with Gasteiger partial charge in [-0.15, -0.1) is 0 Å². The van der Waals surface area contributed by atoms with Crippen LogP contribution in [0, 0.1) is 10.1 Å². The fourth-order valence-corrected chi connectivity index (χ4v) is 5.33. The lowest BCUT2D eigenvalue weighted by atomic mass is 10.0. The van der Waals surface area contributed by atoms with Crippen LogP contribution in [-0.4, -0.2) is 39.6 Å². The molecule has 1 heterocycles. The van der Waals surface area contributed by atoms with E-state index < -0.39 is 22.8 Å². The fourth-order valence-electron chi connectivity index (χ4n) is 5.15. The number of hydrogen-bond donors (Lipinski definition) is 0. The Morgan fingerprint density at radius 1 is 1.06 bits per heavy atom. The van der Waals surface area contributed by atoms with Gasteiger partial charge in [-0.2, -0.15) is 0 Å². The first-order valence-corrected chi connectivity index (χ1v) is 12.8. The van der Waals surface area contributed by atoms with Crippen molar-refractivity contribution in [2.75, 3.05) is 4.90 Å². The molecule has 2 aromatic rings. The summed E-state index contributed by atoms with van der Waals surface area (Å²) in [5.41, 5.74) is 1.28. The number of nitrogens with zero attached hydrogens (tertiary/aromatic N) is 3. The normalized spacial score (nSPS) is 19.0. The Morgan fingerprint density at radius 2 is 1.69 bits per heavy atom. The fraction of sp³-hybridized carbons (Fsp3) is 0.444. The summed E-state index contributed by atoms with van der Waals surface area (Å²) in [5.74, 6) is -0.998. The van der Waals surface area contributed by atoms with Crippen molar-refractivity contribution in [3.05, 3.63) is 68.7 Å². The maximum absolute atomic E-state index is 13.8. The van der Waals surface area contributed by atoms with Gasteiger partial charge >= 0.3 is 0 Å². The van der Waals surface area contributed by atoms with Crippen molar-refractivity contribution in [1.82, 2.24) is 4.90 Å². The molecule has 1 aliphatic heterocycles.